The van der Waals surface area contributed by atoms with Crippen LogP contribution in [0.5, 0.6) is 11.5 Å². The van der Waals surface area contributed by atoms with Crippen molar-refractivity contribution in [1.82, 2.24) is 0 Å². The molecular formula is C19H15BrFNO4. The van der Waals surface area contributed by atoms with Crippen LogP contribution >= 0.6 is 15.9 Å². The van der Waals surface area contributed by atoms with Crippen LogP contribution in [0.2, 0.25) is 0 Å². The van der Waals surface area contributed by atoms with Crippen LogP contribution in [0.4, 0.5) is 4.39 Å². The van der Waals surface area contributed by atoms with Gasteiger partial charge in [-0.05, 0) is 52.7 Å². The zero-order valence-electron chi connectivity index (χ0n) is 14.1. The molecular weight excluding hydrogens is 405 g/mol. The van der Waals surface area contributed by atoms with E-state index < -0.39 is 5.97 Å². The fraction of sp³-hybridized carbons (Fsp3) is 0.158. The van der Waals surface area contributed by atoms with Gasteiger partial charge in [0.2, 0.25) is 0 Å². The minimum absolute atomic E-state index is 0.0557. The van der Waals surface area contributed by atoms with Gasteiger partial charge in [-0.3, -0.25) is 0 Å². The van der Waals surface area contributed by atoms with Gasteiger partial charge in [0.25, 0.3) is 0 Å². The molecule has 2 aromatic rings. The maximum atomic E-state index is 13.8. The van der Waals surface area contributed by atoms with Crippen LogP contribution in [0.15, 0.2) is 51.6 Å². The molecule has 5 nitrogen and oxygen atoms in total. The summed E-state index contributed by atoms with van der Waals surface area (Å²) in [5, 5.41) is 3.64. The first-order valence-corrected chi connectivity index (χ1v) is 8.50. The molecule has 1 aliphatic heterocycles. The van der Waals surface area contributed by atoms with E-state index in [1.165, 1.54) is 13.2 Å². The Morgan fingerprint density at radius 2 is 2.08 bits per heavy atom. The van der Waals surface area contributed by atoms with Crippen LogP contribution < -0.4 is 9.47 Å². The summed E-state index contributed by atoms with van der Waals surface area (Å²) in [4.78, 5) is 16.3. The Balaban J connectivity index is 1.88. The van der Waals surface area contributed by atoms with Crippen molar-refractivity contribution in [3.8, 4) is 11.5 Å². The molecule has 0 fully saturated rings. The Morgan fingerprint density at radius 3 is 2.73 bits per heavy atom. The van der Waals surface area contributed by atoms with Crippen LogP contribution in [0, 0.1) is 5.82 Å². The van der Waals surface area contributed by atoms with Crippen LogP contribution in [-0.4, -0.2) is 18.8 Å². The van der Waals surface area contributed by atoms with Crippen molar-refractivity contribution in [3.63, 3.8) is 0 Å². The summed E-state index contributed by atoms with van der Waals surface area (Å²) in [6, 6.07) is 9.89. The highest BCUT2D eigenvalue weighted by molar-refractivity contribution is 9.10. The zero-order valence-corrected chi connectivity index (χ0v) is 15.7. The van der Waals surface area contributed by atoms with Crippen molar-refractivity contribution in [1.29, 1.82) is 0 Å². The van der Waals surface area contributed by atoms with Crippen molar-refractivity contribution >= 4 is 33.7 Å². The normalized spacial score (nSPS) is 15.0. The Bertz CT molecular complexity index is 924. The third-order valence-electron chi connectivity index (χ3n) is 3.77. The smallest absolute Gasteiger partial charge is 0.367 e. The van der Waals surface area contributed by atoms with Crippen molar-refractivity contribution < 1.29 is 23.5 Å². The van der Waals surface area contributed by atoms with E-state index in [0.29, 0.717) is 38.4 Å². The second kappa shape index (κ2) is 7.70. The van der Waals surface area contributed by atoms with Crippen molar-refractivity contribution in [2.24, 2.45) is 5.16 Å². The Morgan fingerprint density at radius 1 is 1.31 bits per heavy atom. The maximum Gasteiger partial charge on any atom is 0.367 e. The van der Waals surface area contributed by atoms with Gasteiger partial charge in [-0.15, -0.1) is 0 Å². The lowest BCUT2D eigenvalue weighted by molar-refractivity contribution is -0.136. The summed E-state index contributed by atoms with van der Waals surface area (Å²) in [5.41, 5.74) is 2.02. The second-order valence-electron chi connectivity index (χ2n) is 5.53. The number of benzene rings is 2. The molecule has 0 amide bonds. The lowest BCUT2D eigenvalue weighted by atomic mass is 10.1. The number of hydrogen-bond acceptors (Lipinski definition) is 5. The lowest BCUT2D eigenvalue weighted by Crippen LogP contribution is -2.03. The first-order chi connectivity index (χ1) is 12.5. The fourth-order valence-electron chi connectivity index (χ4n) is 2.41. The quantitative estimate of drug-likeness (QED) is 0.529. The molecule has 0 radical (unpaired) electrons. The molecule has 0 unspecified atom stereocenters. The predicted octanol–water partition coefficient (Wildman–Crippen LogP) is 4.49. The number of carbonyl (C=O) groups is 1. The molecule has 0 bridgehead atoms. The van der Waals surface area contributed by atoms with Crippen LogP contribution in [-0.2, 0) is 16.2 Å². The van der Waals surface area contributed by atoms with E-state index in [-0.39, 0.29) is 12.4 Å². The molecule has 0 N–H and O–H groups in total. The predicted molar refractivity (Wildman–Crippen MR) is 98.6 cm³/mol. The number of ether oxygens (including phenoxy) is 2. The average Bonchev–Trinajstić information content (AvgIpc) is 2.93. The van der Waals surface area contributed by atoms with Gasteiger partial charge < -0.3 is 14.3 Å². The number of halogens is 2. The number of carbonyl (C=O) groups excluding carboxylic acids is 1. The highest BCUT2D eigenvalue weighted by atomic mass is 79.9. The van der Waals surface area contributed by atoms with Crippen molar-refractivity contribution in [3.05, 3.63) is 63.4 Å². The number of nitrogens with zero attached hydrogens (tertiary/aromatic N) is 1. The van der Waals surface area contributed by atoms with Gasteiger partial charge in [0.1, 0.15) is 12.4 Å². The van der Waals surface area contributed by atoms with E-state index in [0.717, 1.165) is 0 Å². The summed E-state index contributed by atoms with van der Waals surface area (Å²) in [6.45, 7) is 1.75. The Kier molecular flexibility index (Phi) is 5.37. The molecule has 1 heterocycles. The number of hydrogen-bond donors (Lipinski definition) is 0. The topological polar surface area (TPSA) is 57.1 Å². The number of oxime groups is 1. The van der Waals surface area contributed by atoms with Crippen LogP contribution in [0.1, 0.15) is 18.1 Å². The molecule has 134 valence electrons. The van der Waals surface area contributed by atoms with E-state index in [2.05, 4.69) is 25.9 Å². The highest BCUT2D eigenvalue weighted by Crippen LogP contribution is 2.38. The molecule has 0 aliphatic carbocycles. The van der Waals surface area contributed by atoms with E-state index in [4.69, 9.17) is 9.47 Å². The molecule has 26 heavy (non-hydrogen) atoms. The SMILES string of the molecule is COc1cc(/C=C2\C(=O)ON=C2C)cc(Br)c1OCc1ccccc1F. The average molecular weight is 420 g/mol. The van der Waals surface area contributed by atoms with Crippen LogP contribution in [0.3, 0.4) is 0 Å². The first kappa shape index (κ1) is 18.1. The largest absolute Gasteiger partial charge is 0.493 e. The Hall–Kier alpha value is -2.67. The summed E-state index contributed by atoms with van der Waals surface area (Å²) >= 11 is 3.44. The van der Waals surface area contributed by atoms with E-state index in [1.54, 1.807) is 43.3 Å². The van der Waals surface area contributed by atoms with Crippen molar-refractivity contribution in [2.75, 3.05) is 7.11 Å². The lowest BCUT2D eigenvalue weighted by Gasteiger charge is -2.14. The van der Waals surface area contributed by atoms with Gasteiger partial charge in [0, 0.05) is 5.56 Å². The van der Waals surface area contributed by atoms with Gasteiger partial charge in [0.15, 0.2) is 11.5 Å². The summed E-state index contributed by atoms with van der Waals surface area (Å²) in [5.74, 6) is 0.0525. The standard InChI is InChI=1S/C19H15BrFNO4/c1-11-14(19(23)26-22-11)7-12-8-15(20)18(17(9-12)24-2)25-10-13-5-3-4-6-16(13)21/h3-9H,10H2,1-2H3/b14-7-. The molecule has 1 aliphatic rings. The fourth-order valence-corrected chi connectivity index (χ4v) is 2.99. The minimum Gasteiger partial charge on any atom is -0.493 e. The molecule has 0 saturated carbocycles. The van der Waals surface area contributed by atoms with Gasteiger partial charge in [0.05, 0.1) is 22.9 Å². The maximum absolute atomic E-state index is 13.8. The first-order valence-electron chi connectivity index (χ1n) is 7.71. The third kappa shape index (κ3) is 3.77. The molecule has 0 aromatic heterocycles. The molecule has 2 aromatic carbocycles. The molecule has 0 saturated heterocycles. The van der Waals surface area contributed by atoms with Gasteiger partial charge in [-0.1, -0.05) is 23.4 Å². The summed E-state index contributed by atoms with van der Waals surface area (Å²) < 4.78 is 25.5. The monoisotopic (exact) mass is 419 g/mol. The van der Waals surface area contributed by atoms with Gasteiger partial charge in [-0.2, -0.15) is 0 Å². The highest BCUT2D eigenvalue weighted by Gasteiger charge is 2.22. The molecule has 0 spiro atoms. The number of methoxy groups -OCH3 is 1. The summed E-state index contributed by atoms with van der Waals surface area (Å²) in [7, 11) is 1.51. The minimum atomic E-state index is -0.502. The van der Waals surface area contributed by atoms with E-state index >= 15 is 0 Å². The van der Waals surface area contributed by atoms with E-state index in [1.807, 2.05) is 0 Å². The summed E-state index contributed by atoms with van der Waals surface area (Å²) in [6.07, 6.45) is 1.65. The third-order valence-corrected chi connectivity index (χ3v) is 4.36. The molecule has 7 heteroatoms. The second-order valence-corrected chi connectivity index (χ2v) is 6.38. The molecule has 3 rings (SSSR count). The van der Waals surface area contributed by atoms with Gasteiger partial charge in [-0.25, -0.2) is 9.18 Å². The zero-order chi connectivity index (χ0) is 18.7. The molecule has 0 atom stereocenters. The van der Waals surface area contributed by atoms with E-state index in [9.17, 15) is 9.18 Å². The Labute approximate surface area is 158 Å². The van der Waals surface area contributed by atoms with Gasteiger partial charge >= 0.3 is 5.97 Å². The van der Waals surface area contributed by atoms with Crippen LogP contribution in [0.25, 0.3) is 6.08 Å². The number of rotatable bonds is 5. The van der Waals surface area contributed by atoms with Crippen molar-refractivity contribution in [2.45, 2.75) is 13.5 Å².